The van der Waals surface area contributed by atoms with Gasteiger partial charge in [-0.15, -0.1) is 11.8 Å². The Morgan fingerprint density at radius 2 is 1.90 bits per heavy atom. The van der Waals surface area contributed by atoms with Crippen molar-refractivity contribution in [3.8, 4) is 0 Å². The normalized spacial score (nSPS) is 10.9. The molecule has 106 valence electrons. The average molecular weight is 318 g/mol. The summed E-state index contributed by atoms with van der Waals surface area (Å²) in [5, 5.41) is 5.50. The molecule has 0 atom stereocenters. The molecule has 0 fully saturated rings. The van der Waals surface area contributed by atoms with Crippen LogP contribution >= 0.6 is 23.4 Å². The lowest BCUT2D eigenvalue weighted by Crippen LogP contribution is -1.86. The molecule has 0 saturated carbocycles. The summed E-state index contributed by atoms with van der Waals surface area (Å²) < 4.78 is 5.06. The van der Waals surface area contributed by atoms with Crippen molar-refractivity contribution in [3.63, 3.8) is 0 Å². The van der Waals surface area contributed by atoms with Crippen LogP contribution in [-0.4, -0.2) is 10.4 Å². The van der Waals surface area contributed by atoms with E-state index in [1.54, 1.807) is 17.8 Å². The van der Waals surface area contributed by atoms with Crippen LogP contribution in [0.15, 0.2) is 53.1 Å². The highest BCUT2D eigenvalue weighted by molar-refractivity contribution is 7.97. The van der Waals surface area contributed by atoms with Gasteiger partial charge in [0.25, 0.3) is 5.24 Å². The second-order valence-electron chi connectivity index (χ2n) is 4.63. The third-order valence-electron chi connectivity index (χ3n) is 3.09. The standard InChI is InChI=1S/C16H12ClNO2S/c17-16(19)15-8-14(20-18-15)10-21-9-11-5-6-12-3-1-2-4-13(12)7-11/h1-8H,9-10H2. The first-order chi connectivity index (χ1) is 10.2. The summed E-state index contributed by atoms with van der Waals surface area (Å²) in [5.74, 6) is 2.18. The molecule has 0 radical (unpaired) electrons. The van der Waals surface area contributed by atoms with Crippen LogP contribution in [0.1, 0.15) is 21.8 Å². The molecule has 0 aliphatic carbocycles. The lowest BCUT2D eigenvalue weighted by atomic mass is 10.1. The monoisotopic (exact) mass is 317 g/mol. The molecule has 3 aromatic rings. The molecular weight excluding hydrogens is 306 g/mol. The number of rotatable bonds is 5. The van der Waals surface area contributed by atoms with Gasteiger partial charge in [-0.25, -0.2) is 0 Å². The van der Waals surface area contributed by atoms with E-state index in [0.717, 1.165) is 5.75 Å². The number of fused-ring (bicyclic) bond motifs is 1. The van der Waals surface area contributed by atoms with Crippen LogP contribution in [0.2, 0.25) is 0 Å². The maximum Gasteiger partial charge on any atom is 0.274 e. The molecule has 1 aromatic heterocycles. The van der Waals surface area contributed by atoms with E-state index in [9.17, 15) is 4.79 Å². The first-order valence-electron chi connectivity index (χ1n) is 6.43. The van der Waals surface area contributed by atoms with Crippen molar-refractivity contribution in [2.75, 3.05) is 0 Å². The first-order valence-corrected chi connectivity index (χ1v) is 7.96. The van der Waals surface area contributed by atoms with Crippen molar-refractivity contribution < 1.29 is 9.32 Å². The molecule has 3 rings (SSSR count). The van der Waals surface area contributed by atoms with Crippen LogP contribution in [0.3, 0.4) is 0 Å². The molecule has 0 aliphatic heterocycles. The molecule has 2 aromatic carbocycles. The van der Waals surface area contributed by atoms with Gasteiger partial charge in [-0.3, -0.25) is 4.79 Å². The van der Waals surface area contributed by atoms with Gasteiger partial charge in [0.15, 0.2) is 5.69 Å². The fourth-order valence-electron chi connectivity index (χ4n) is 2.07. The van der Waals surface area contributed by atoms with E-state index < -0.39 is 5.24 Å². The summed E-state index contributed by atoms with van der Waals surface area (Å²) in [6.45, 7) is 0. The summed E-state index contributed by atoms with van der Waals surface area (Å²) in [4.78, 5) is 10.9. The molecule has 0 N–H and O–H groups in total. The Balaban J connectivity index is 1.62. The van der Waals surface area contributed by atoms with Gasteiger partial charge in [0, 0.05) is 11.8 Å². The smallest absolute Gasteiger partial charge is 0.274 e. The highest BCUT2D eigenvalue weighted by Crippen LogP contribution is 2.22. The Bertz CT molecular complexity index is 785. The van der Waals surface area contributed by atoms with E-state index in [4.69, 9.17) is 16.1 Å². The Morgan fingerprint density at radius 3 is 2.67 bits per heavy atom. The minimum atomic E-state index is -0.593. The average Bonchev–Trinajstić information content (AvgIpc) is 2.96. The van der Waals surface area contributed by atoms with E-state index in [1.807, 2.05) is 12.1 Å². The second-order valence-corrected chi connectivity index (χ2v) is 5.96. The summed E-state index contributed by atoms with van der Waals surface area (Å²) in [5.41, 5.74) is 1.42. The number of benzene rings is 2. The Labute approximate surface area is 131 Å². The van der Waals surface area contributed by atoms with E-state index in [2.05, 4.69) is 35.5 Å². The Hall–Kier alpha value is -1.78. The fourth-order valence-corrected chi connectivity index (χ4v) is 3.02. The van der Waals surface area contributed by atoms with Crippen LogP contribution in [0.4, 0.5) is 0 Å². The van der Waals surface area contributed by atoms with Gasteiger partial charge in [-0.05, 0) is 27.9 Å². The van der Waals surface area contributed by atoms with Crippen LogP contribution in [0.25, 0.3) is 10.8 Å². The molecule has 21 heavy (non-hydrogen) atoms. The minimum absolute atomic E-state index is 0.165. The number of thioether (sulfide) groups is 1. The van der Waals surface area contributed by atoms with Gasteiger partial charge in [-0.2, -0.15) is 0 Å². The molecular formula is C16H12ClNO2S. The van der Waals surface area contributed by atoms with Crippen LogP contribution in [0.5, 0.6) is 0 Å². The maximum atomic E-state index is 10.9. The van der Waals surface area contributed by atoms with Crippen molar-refractivity contribution >= 4 is 39.4 Å². The molecule has 0 spiro atoms. The zero-order valence-corrected chi connectivity index (χ0v) is 12.7. The van der Waals surface area contributed by atoms with Crippen molar-refractivity contribution in [1.29, 1.82) is 0 Å². The molecule has 0 unspecified atom stereocenters. The van der Waals surface area contributed by atoms with Gasteiger partial charge in [0.05, 0.1) is 5.75 Å². The SMILES string of the molecule is O=C(Cl)c1cc(CSCc2ccc3ccccc3c2)on1. The number of aromatic nitrogens is 1. The van der Waals surface area contributed by atoms with Crippen LogP contribution < -0.4 is 0 Å². The molecule has 5 heteroatoms. The van der Waals surface area contributed by atoms with Crippen LogP contribution in [0, 0.1) is 0 Å². The maximum absolute atomic E-state index is 10.9. The van der Waals surface area contributed by atoms with Gasteiger partial charge in [0.2, 0.25) is 0 Å². The predicted molar refractivity (Wildman–Crippen MR) is 85.6 cm³/mol. The molecule has 0 saturated heterocycles. The number of hydrogen-bond donors (Lipinski definition) is 0. The number of nitrogens with zero attached hydrogens (tertiary/aromatic N) is 1. The molecule has 0 aliphatic rings. The van der Waals surface area contributed by atoms with Crippen molar-refractivity contribution in [3.05, 3.63) is 65.5 Å². The Kier molecular flexibility index (Phi) is 4.27. The number of halogens is 1. The largest absolute Gasteiger partial charge is 0.360 e. The third-order valence-corrected chi connectivity index (χ3v) is 4.31. The van der Waals surface area contributed by atoms with Crippen molar-refractivity contribution in [2.45, 2.75) is 11.5 Å². The first kappa shape index (κ1) is 14.2. The van der Waals surface area contributed by atoms with Gasteiger partial charge in [0.1, 0.15) is 5.76 Å². The second kappa shape index (κ2) is 6.33. The van der Waals surface area contributed by atoms with Gasteiger partial charge in [-0.1, -0.05) is 47.6 Å². The zero-order valence-electron chi connectivity index (χ0n) is 11.1. The highest BCUT2D eigenvalue weighted by Gasteiger charge is 2.09. The number of hydrogen-bond acceptors (Lipinski definition) is 4. The topological polar surface area (TPSA) is 43.1 Å². The summed E-state index contributed by atoms with van der Waals surface area (Å²) in [6.07, 6.45) is 0. The lowest BCUT2D eigenvalue weighted by molar-refractivity contribution is 0.107. The Morgan fingerprint density at radius 1 is 1.10 bits per heavy atom. The third kappa shape index (κ3) is 3.46. The van der Waals surface area contributed by atoms with Crippen molar-refractivity contribution in [1.82, 2.24) is 5.16 Å². The lowest BCUT2D eigenvalue weighted by Gasteiger charge is -2.03. The quantitative estimate of drug-likeness (QED) is 0.643. The highest BCUT2D eigenvalue weighted by atomic mass is 35.5. The predicted octanol–water partition coefficient (Wildman–Crippen LogP) is 4.64. The van der Waals surface area contributed by atoms with E-state index >= 15 is 0 Å². The molecule has 3 nitrogen and oxygen atoms in total. The summed E-state index contributed by atoms with van der Waals surface area (Å²) in [7, 11) is 0. The number of carbonyl (C=O) groups is 1. The van der Waals surface area contributed by atoms with Gasteiger partial charge >= 0.3 is 0 Å². The van der Waals surface area contributed by atoms with Gasteiger partial charge < -0.3 is 4.52 Å². The van der Waals surface area contributed by atoms with E-state index in [1.165, 1.54) is 16.3 Å². The van der Waals surface area contributed by atoms with Crippen LogP contribution in [-0.2, 0) is 11.5 Å². The minimum Gasteiger partial charge on any atom is -0.360 e. The zero-order chi connectivity index (χ0) is 14.7. The van der Waals surface area contributed by atoms with Crippen molar-refractivity contribution in [2.24, 2.45) is 0 Å². The molecule has 1 heterocycles. The molecule has 0 bridgehead atoms. The molecule has 0 amide bonds. The fraction of sp³-hybridized carbons (Fsp3) is 0.125. The van der Waals surface area contributed by atoms with E-state index in [0.29, 0.717) is 11.5 Å². The van der Waals surface area contributed by atoms with E-state index in [-0.39, 0.29) is 5.69 Å². The summed E-state index contributed by atoms with van der Waals surface area (Å²) >= 11 is 7.04. The number of carbonyl (C=O) groups excluding carboxylic acids is 1. The summed E-state index contributed by atoms with van der Waals surface area (Å²) in [6, 6.07) is 16.3.